The van der Waals surface area contributed by atoms with E-state index in [2.05, 4.69) is 15.9 Å². The lowest BCUT2D eigenvalue weighted by Gasteiger charge is -2.30. The predicted molar refractivity (Wildman–Crippen MR) is 147 cm³/mol. The smallest absolute Gasteiger partial charge is 0.417 e. The summed E-state index contributed by atoms with van der Waals surface area (Å²) in [5, 5.41) is 29.6. The Morgan fingerprint density at radius 2 is 1.56 bits per heavy atom. The third kappa shape index (κ3) is 8.47. The standard InChI is InChI=1S/C29H30BrNO8/c1-29(2,3)39-28(37)31(24(27(35)36)14-18-8-11-21(32)12-9-18)26(34)15-19-10-13-22(33)16-25(19)38-17-20-6-4-5-7-23(20)30/h4-13,16,24,32-33H,14-15,17H2,1-3H3,(H,35,36)/t24-/m0/s1. The van der Waals surface area contributed by atoms with E-state index in [1.54, 1.807) is 20.8 Å². The maximum Gasteiger partial charge on any atom is 0.417 e. The van der Waals surface area contributed by atoms with Crippen LogP contribution in [0.2, 0.25) is 0 Å². The van der Waals surface area contributed by atoms with Crippen LogP contribution in [0.4, 0.5) is 4.79 Å². The average molecular weight is 600 g/mol. The lowest BCUT2D eigenvalue weighted by molar-refractivity contribution is -0.149. The summed E-state index contributed by atoms with van der Waals surface area (Å²) in [5.74, 6) is -2.12. The number of hydrogen-bond acceptors (Lipinski definition) is 7. The van der Waals surface area contributed by atoms with Crippen molar-refractivity contribution in [3.63, 3.8) is 0 Å². The van der Waals surface area contributed by atoms with Gasteiger partial charge in [-0.3, -0.25) is 4.79 Å². The third-order valence-corrected chi connectivity index (χ3v) is 6.33. The Labute approximate surface area is 234 Å². The molecule has 10 heteroatoms. The van der Waals surface area contributed by atoms with Crippen molar-refractivity contribution < 1.29 is 39.2 Å². The van der Waals surface area contributed by atoms with Crippen LogP contribution in [0.3, 0.4) is 0 Å². The van der Waals surface area contributed by atoms with E-state index in [1.165, 1.54) is 42.5 Å². The number of carboxylic acids is 1. The molecule has 0 bridgehead atoms. The number of halogens is 1. The molecule has 3 aromatic rings. The molecule has 39 heavy (non-hydrogen) atoms. The van der Waals surface area contributed by atoms with Gasteiger partial charge in [-0.2, -0.15) is 0 Å². The van der Waals surface area contributed by atoms with Crippen molar-refractivity contribution in [2.75, 3.05) is 0 Å². The highest BCUT2D eigenvalue weighted by atomic mass is 79.9. The van der Waals surface area contributed by atoms with Crippen LogP contribution in [0.25, 0.3) is 0 Å². The molecule has 2 amide bonds. The number of phenols is 2. The highest BCUT2D eigenvalue weighted by Gasteiger charge is 2.38. The molecule has 0 aliphatic heterocycles. The van der Waals surface area contributed by atoms with Gasteiger partial charge in [-0.1, -0.05) is 52.3 Å². The van der Waals surface area contributed by atoms with Gasteiger partial charge in [-0.25, -0.2) is 14.5 Å². The number of imide groups is 1. The molecule has 0 heterocycles. The number of carboxylic acid groups (broad SMARTS) is 1. The van der Waals surface area contributed by atoms with Crippen LogP contribution < -0.4 is 4.74 Å². The molecule has 0 unspecified atom stereocenters. The molecule has 0 fully saturated rings. The van der Waals surface area contributed by atoms with Crippen LogP contribution in [-0.4, -0.2) is 49.8 Å². The second kappa shape index (κ2) is 12.7. The first-order chi connectivity index (χ1) is 18.3. The Bertz CT molecular complexity index is 1330. The average Bonchev–Trinajstić information content (AvgIpc) is 2.84. The van der Waals surface area contributed by atoms with Crippen LogP contribution in [0.5, 0.6) is 17.2 Å². The summed E-state index contributed by atoms with van der Waals surface area (Å²) in [4.78, 5) is 39.7. The third-order valence-electron chi connectivity index (χ3n) is 5.55. The zero-order chi connectivity index (χ0) is 28.7. The van der Waals surface area contributed by atoms with Crippen molar-refractivity contribution in [1.29, 1.82) is 0 Å². The summed E-state index contributed by atoms with van der Waals surface area (Å²) >= 11 is 3.45. The van der Waals surface area contributed by atoms with Crippen molar-refractivity contribution >= 4 is 33.9 Å². The Morgan fingerprint density at radius 3 is 2.18 bits per heavy atom. The van der Waals surface area contributed by atoms with Gasteiger partial charge in [0.25, 0.3) is 0 Å². The molecular weight excluding hydrogens is 570 g/mol. The second-order valence-electron chi connectivity index (χ2n) is 9.82. The molecule has 0 spiro atoms. The van der Waals surface area contributed by atoms with E-state index in [9.17, 15) is 29.7 Å². The fourth-order valence-electron chi connectivity index (χ4n) is 3.70. The fraction of sp³-hybridized carbons (Fsp3) is 0.276. The zero-order valence-electron chi connectivity index (χ0n) is 21.8. The van der Waals surface area contributed by atoms with Crippen molar-refractivity contribution in [3.05, 3.63) is 87.9 Å². The normalized spacial score (nSPS) is 11.9. The molecule has 3 aromatic carbocycles. The molecule has 0 saturated heterocycles. The molecule has 0 aliphatic carbocycles. The van der Waals surface area contributed by atoms with Crippen molar-refractivity contribution in [1.82, 2.24) is 4.90 Å². The lowest BCUT2D eigenvalue weighted by Crippen LogP contribution is -2.52. The molecule has 3 N–H and O–H groups in total. The monoisotopic (exact) mass is 599 g/mol. The highest BCUT2D eigenvalue weighted by Crippen LogP contribution is 2.28. The van der Waals surface area contributed by atoms with Crippen molar-refractivity contribution in [2.45, 2.75) is 51.9 Å². The fourth-order valence-corrected chi connectivity index (χ4v) is 4.10. The summed E-state index contributed by atoms with van der Waals surface area (Å²) in [5.41, 5.74) is 0.664. The molecule has 0 radical (unpaired) electrons. The molecule has 3 rings (SSSR count). The molecule has 0 aromatic heterocycles. The van der Waals surface area contributed by atoms with Gasteiger partial charge in [0.2, 0.25) is 5.91 Å². The number of ether oxygens (including phenoxy) is 2. The van der Waals surface area contributed by atoms with Gasteiger partial charge in [0.15, 0.2) is 0 Å². The molecule has 0 saturated carbocycles. The van der Waals surface area contributed by atoms with Gasteiger partial charge in [-0.15, -0.1) is 0 Å². The van der Waals surface area contributed by atoms with Gasteiger partial charge in [0.05, 0.1) is 6.42 Å². The van der Waals surface area contributed by atoms with E-state index in [4.69, 9.17) is 9.47 Å². The van der Waals surface area contributed by atoms with E-state index in [0.717, 1.165) is 10.0 Å². The minimum absolute atomic E-state index is 0.00640. The van der Waals surface area contributed by atoms with E-state index in [0.29, 0.717) is 16.0 Å². The molecule has 206 valence electrons. The zero-order valence-corrected chi connectivity index (χ0v) is 23.3. The van der Waals surface area contributed by atoms with Gasteiger partial charge in [0.1, 0.15) is 35.5 Å². The SMILES string of the molecule is CC(C)(C)OC(=O)N(C(=O)Cc1ccc(O)cc1OCc1ccccc1Br)[C@@H](Cc1ccc(O)cc1)C(=O)O. The lowest BCUT2D eigenvalue weighted by atomic mass is 10.0. The first kappa shape index (κ1) is 29.5. The van der Waals surface area contributed by atoms with E-state index < -0.39 is 36.0 Å². The number of aliphatic carboxylic acids is 1. The van der Waals surface area contributed by atoms with E-state index in [1.807, 2.05) is 24.3 Å². The van der Waals surface area contributed by atoms with Gasteiger partial charge in [-0.05, 0) is 50.6 Å². The number of aromatic hydroxyl groups is 2. The Hall–Kier alpha value is -4.05. The summed E-state index contributed by atoms with van der Waals surface area (Å²) in [6, 6.07) is 15.8. The first-order valence-electron chi connectivity index (χ1n) is 12.1. The summed E-state index contributed by atoms with van der Waals surface area (Å²) in [6.45, 7) is 4.95. The second-order valence-corrected chi connectivity index (χ2v) is 10.7. The molecule has 9 nitrogen and oxygen atoms in total. The van der Waals surface area contributed by atoms with Crippen LogP contribution in [0, 0.1) is 0 Å². The van der Waals surface area contributed by atoms with Crippen LogP contribution in [-0.2, 0) is 33.8 Å². The number of rotatable bonds is 9. The number of carbonyl (C=O) groups is 3. The number of amides is 2. The van der Waals surface area contributed by atoms with E-state index in [-0.39, 0.29) is 30.3 Å². The molecule has 1 atom stereocenters. The van der Waals surface area contributed by atoms with Crippen LogP contribution >= 0.6 is 15.9 Å². The van der Waals surface area contributed by atoms with Crippen molar-refractivity contribution in [3.8, 4) is 17.2 Å². The molecular formula is C29H30BrNO8. The first-order valence-corrected chi connectivity index (χ1v) is 12.9. The summed E-state index contributed by atoms with van der Waals surface area (Å²) < 4.78 is 12.1. The Morgan fingerprint density at radius 1 is 0.923 bits per heavy atom. The Balaban J connectivity index is 1.92. The minimum atomic E-state index is -1.58. The maximum atomic E-state index is 13.6. The quantitative estimate of drug-likeness (QED) is 0.296. The van der Waals surface area contributed by atoms with Gasteiger partial charge in [0, 0.05) is 28.1 Å². The predicted octanol–water partition coefficient (Wildman–Crippen LogP) is 5.44. The number of hydrogen-bond donors (Lipinski definition) is 3. The minimum Gasteiger partial charge on any atom is -0.508 e. The van der Waals surface area contributed by atoms with Gasteiger partial charge < -0.3 is 24.8 Å². The van der Waals surface area contributed by atoms with E-state index >= 15 is 0 Å². The van der Waals surface area contributed by atoms with Crippen molar-refractivity contribution in [2.24, 2.45) is 0 Å². The number of phenolic OH excluding ortho intramolecular Hbond substituents is 2. The van der Waals surface area contributed by atoms with Crippen LogP contribution in [0.1, 0.15) is 37.5 Å². The highest BCUT2D eigenvalue weighted by molar-refractivity contribution is 9.10. The number of nitrogens with zero attached hydrogens (tertiary/aromatic N) is 1. The topological polar surface area (TPSA) is 134 Å². The largest absolute Gasteiger partial charge is 0.508 e. The maximum absolute atomic E-state index is 13.6. The number of carbonyl (C=O) groups excluding carboxylic acids is 2. The molecule has 0 aliphatic rings. The number of benzene rings is 3. The summed E-state index contributed by atoms with van der Waals surface area (Å²) in [7, 11) is 0. The van der Waals surface area contributed by atoms with Crippen LogP contribution in [0.15, 0.2) is 71.2 Å². The van der Waals surface area contributed by atoms with Gasteiger partial charge >= 0.3 is 12.1 Å². The summed E-state index contributed by atoms with van der Waals surface area (Å²) in [6.07, 6.45) is -1.71. The Kier molecular flexibility index (Phi) is 9.58.